The Labute approximate surface area is 208 Å². The standard InChI is InChI=1S/C18H21NO3.C8H10N4O2/c1-19-8-7-18-11-4-5-13(20)17(18)22-16-14(21-2)6-3-10(15(16)18)9-12(11)19;1-10-4-9-6-5(10)7(13)12(3)8(14)11(6)2/h3,6,11-12,17H,4-5,7-9H2,1-2H3;4H,1-3H3/t11-,12+,17-,18-;/m0./s1. The lowest BCUT2D eigenvalue weighted by molar-refractivity contribution is -0.138. The number of methoxy groups -OCH3 is 1. The van der Waals surface area contributed by atoms with Crippen LogP contribution in [-0.4, -0.2) is 62.2 Å². The maximum Gasteiger partial charge on any atom is 0.332 e. The van der Waals surface area contributed by atoms with Crippen molar-refractivity contribution >= 4 is 16.9 Å². The van der Waals surface area contributed by atoms with Gasteiger partial charge in [0.05, 0.1) is 13.4 Å². The van der Waals surface area contributed by atoms with Crippen molar-refractivity contribution in [3.05, 3.63) is 50.4 Å². The molecule has 2 aliphatic heterocycles. The topological polar surface area (TPSA) is 101 Å². The number of imidazole rings is 1. The highest BCUT2D eigenvalue weighted by Gasteiger charge is 2.65. The molecule has 2 aliphatic carbocycles. The molecule has 1 saturated carbocycles. The van der Waals surface area contributed by atoms with E-state index in [-0.39, 0.29) is 28.6 Å². The minimum Gasteiger partial charge on any atom is -0.493 e. The van der Waals surface area contributed by atoms with E-state index in [0.29, 0.717) is 29.5 Å². The molecule has 7 rings (SSSR count). The molecule has 3 aromatic rings. The summed E-state index contributed by atoms with van der Waals surface area (Å²) in [5.41, 5.74) is 2.75. The van der Waals surface area contributed by atoms with Crippen LogP contribution in [0.4, 0.5) is 0 Å². The molecular weight excluding hydrogens is 462 g/mol. The number of ketones is 1. The molecule has 36 heavy (non-hydrogen) atoms. The Balaban J connectivity index is 0.000000149. The summed E-state index contributed by atoms with van der Waals surface area (Å²) in [6.07, 6.45) is 4.99. The number of benzene rings is 1. The Bertz CT molecular complexity index is 1530. The third-order valence-corrected chi connectivity index (χ3v) is 8.91. The second-order valence-corrected chi connectivity index (χ2v) is 10.5. The fourth-order valence-electron chi connectivity index (χ4n) is 7.14. The maximum atomic E-state index is 12.6. The quantitative estimate of drug-likeness (QED) is 0.497. The normalized spacial score (nSPS) is 27.8. The fourth-order valence-corrected chi connectivity index (χ4v) is 7.14. The Morgan fingerprint density at radius 1 is 1.11 bits per heavy atom. The van der Waals surface area contributed by atoms with Crippen molar-refractivity contribution in [2.75, 3.05) is 20.7 Å². The van der Waals surface area contributed by atoms with Gasteiger partial charge in [-0.3, -0.25) is 18.7 Å². The number of likely N-dealkylation sites (tertiary alicyclic amines) is 1. The van der Waals surface area contributed by atoms with Gasteiger partial charge in [0.2, 0.25) is 0 Å². The van der Waals surface area contributed by atoms with Gasteiger partial charge in [-0.25, -0.2) is 9.78 Å². The molecule has 2 fully saturated rings. The maximum absolute atomic E-state index is 12.6. The molecule has 10 nitrogen and oxygen atoms in total. The van der Waals surface area contributed by atoms with Crippen molar-refractivity contribution in [2.45, 2.75) is 43.2 Å². The number of fused-ring (bicyclic) bond motifs is 1. The van der Waals surface area contributed by atoms with Gasteiger partial charge >= 0.3 is 5.69 Å². The molecule has 10 heteroatoms. The van der Waals surface area contributed by atoms with Crippen molar-refractivity contribution in [3.8, 4) is 11.5 Å². The van der Waals surface area contributed by atoms with Crippen LogP contribution >= 0.6 is 0 Å². The number of ether oxygens (including phenoxy) is 2. The molecule has 4 aliphatic rings. The first-order chi connectivity index (χ1) is 17.2. The molecule has 2 aromatic heterocycles. The first kappa shape index (κ1) is 23.0. The molecule has 1 saturated heterocycles. The average Bonchev–Trinajstić information content (AvgIpc) is 3.43. The van der Waals surface area contributed by atoms with E-state index in [4.69, 9.17) is 9.47 Å². The smallest absolute Gasteiger partial charge is 0.332 e. The molecule has 1 spiro atoms. The minimum absolute atomic E-state index is 0.0933. The summed E-state index contributed by atoms with van der Waals surface area (Å²) in [6.45, 7) is 1.05. The highest BCUT2D eigenvalue weighted by atomic mass is 16.5. The van der Waals surface area contributed by atoms with Crippen LogP contribution in [0.1, 0.15) is 30.4 Å². The third kappa shape index (κ3) is 2.81. The average molecular weight is 494 g/mol. The number of rotatable bonds is 1. The third-order valence-electron chi connectivity index (χ3n) is 8.91. The molecule has 190 valence electrons. The monoisotopic (exact) mass is 493 g/mol. The number of hydrogen-bond acceptors (Lipinski definition) is 7. The molecule has 0 amide bonds. The van der Waals surface area contributed by atoms with Crippen LogP contribution in [0.5, 0.6) is 11.5 Å². The van der Waals surface area contributed by atoms with Crippen LogP contribution in [0.25, 0.3) is 11.2 Å². The lowest BCUT2D eigenvalue weighted by atomic mass is 9.52. The van der Waals surface area contributed by atoms with E-state index in [9.17, 15) is 14.4 Å². The van der Waals surface area contributed by atoms with Gasteiger partial charge in [0, 0.05) is 44.6 Å². The number of aryl methyl sites for hydroxylation is 2. The number of likely N-dealkylation sites (N-methyl/N-ethyl adjacent to an activating group) is 1. The molecule has 1 aromatic carbocycles. The predicted octanol–water partition coefficient (Wildman–Crippen LogP) is 0.904. The van der Waals surface area contributed by atoms with Crippen LogP contribution in [0.2, 0.25) is 0 Å². The van der Waals surface area contributed by atoms with E-state index in [2.05, 4.69) is 23.0 Å². The lowest BCUT2D eigenvalue weighted by Gasteiger charge is -2.57. The van der Waals surface area contributed by atoms with Gasteiger partial charge in [-0.1, -0.05) is 6.07 Å². The predicted molar refractivity (Wildman–Crippen MR) is 133 cm³/mol. The molecular formula is C26H31N5O5. The summed E-state index contributed by atoms with van der Waals surface area (Å²) < 4.78 is 15.8. The van der Waals surface area contributed by atoms with Gasteiger partial charge in [0.15, 0.2) is 34.6 Å². The summed E-state index contributed by atoms with van der Waals surface area (Å²) in [4.78, 5) is 42.3. The summed E-state index contributed by atoms with van der Waals surface area (Å²) >= 11 is 0. The van der Waals surface area contributed by atoms with Gasteiger partial charge in [0.1, 0.15) is 0 Å². The van der Waals surface area contributed by atoms with E-state index in [1.165, 1.54) is 29.1 Å². The second-order valence-electron chi connectivity index (χ2n) is 10.5. The van der Waals surface area contributed by atoms with Crippen LogP contribution in [0, 0.1) is 5.92 Å². The largest absolute Gasteiger partial charge is 0.493 e. The highest BCUT2D eigenvalue weighted by molar-refractivity contribution is 5.89. The first-order valence-electron chi connectivity index (χ1n) is 12.4. The van der Waals surface area contributed by atoms with Crippen molar-refractivity contribution in [1.82, 2.24) is 23.6 Å². The SMILES string of the molecule is COc1ccc2c3c1O[C@H]1C(=O)CC[C@H]4[C@@H](C2)N(C)CC[C@]314.Cn1c(=O)c2c(ncn2C)n(C)c1=O. The Kier molecular flexibility index (Phi) is 4.99. The number of hydrogen-bond donors (Lipinski definition) is 0. The van der Waals surface area contributed by atoms with Gasteiger partial charge in [-0.05, 0) is 50.4 Å². The lowest BCUT2D eigenvalue weighted by Crippen LogP contribution is -2.65. The fraction of sp³-hybridized carbons (Fsp3) is 0.538. The number of Topliss-reactive ketones (excluding diaryl/α,β-unsaturated/α-hetero) is 1. The van der Waals surface area contributed by atoms with E-state index < -0.39 is 0 Å². The number of carbonyl (C=O) groups excluding carboxylic acids is 1. The molecule has 4 atom stereocenters. The van der Waals surface area contributed by atoms with Crippen molar-refractivity contribution in [3.63, 3.8) is 0 Å². The van der Waals surface area contributed by atoms with Crippen LogP contribution in [0.3, 0.4) is 0 Å². The van der Waals surface area contributed by atoms with Crippen LogP contribution in [-0.2, 0) is 37.8 Å². The zero-order chi connectivity index (χ0) is 25.5. The number of aromatic nitrogens is 4. The summed E-state index contributed by atoms with van der Waals surface area (Å²) in [5, 5.41) is 0. The Hall–Kier alpha value is -3.40. The summed E-state index contributed by atoms with van der Waals surface area (Å²) in [6, 6.07) is 4.73. The molecule has 2 bridgehead atoms. The summed E-state index contributed by atoms with van der Waals surface area (Å²) in [7, 11) is 8.68. The van der Waals surface area contributed by atoms with E-state index in [0.717, 1.165) is 41.9 Å². The minimum atomic E-state index is -0.360. The van der Waals surface area contributed by atoms with Gasteiger partial charge in [-0.15, -0.1) is 0 Å². The van der Waals surface area contributed by atoms with Crippen molar-refractivity contribution in [1.29, 1.82) is 0 Å². The zero-order valence-corrected chi connectivity index (χ0v) is 21.3. The molecule has 0 radical (unpaired) electrons. The molecule has 0 N–H and O–H groups in total. The van der Waals surface area contributed by atoms with Crippen molar-refractivity contribution < 1.29 is 14.3 Å². The van der Waals surface area contributed by atoms with E-state index >= 15 is 0 Å². The second kappa shape index (κ2) is 7.80. The number of carbonyl (C=O) groups is 1. The van der Waals surface area contributed by atoms with Crippen LogP contribution < -0.4 is 20.7 Å². The van der Waals surface area contributed by atoms with Gasteiger partial charge in [-0.2, -0.15) is 0 Å². The Morgan fingerprint density at radius 3 is 2.64 bits per heavy atom. The van der Waals surface area contributed by atoms with Gasteiger partial charge in [0.25, 0.3) is 5.56 Å². The van der Waals surface area contributed by atoms with E-state index in [1.54, 1.807) is 25.8 Å². The number of nitrogens with zero attached hydrogens (tertiary/aromatic N) is 5. The van der Waals surface area contributed by atoms with Gasteiger partial charge < -0.3 is 18.9 Å². The zero-order valence-electron chi connectivity index (χ0n) is 21.3. The van der Waals surface area contributed by atoms with Crippen LogP contribution in [0.15, 0.2) is 28.0 Å². The Morgan fingerprint density at radius 2 is 1.89 bits per heavy atom. The molecule has 4 heterocycles. The summed E-state index contributed by atoms with van der Waals surface area (Å²) in [5.74, 6) is 2.46. The van der Waals surface area contributed by atoms with Crippen molar-refractivity contribution in [2.24, 2.45) is 27.1 Å². The number of piperidine rings is 1. The van der Waals surface area contributed by atoms with E-state index in [1.807, 2.05) is 6.07 Å². The molecule has 0 unspecified atom stereocenters. The first-order valence-corrected chi connectivity index (χ1v) is 12.4. The highest BCUT2D eigenvalue weighted by Crippen LogP contribution is 2.63.